The van der Waals surface area contributed by atoms with Gasteiger partial charge in [-0.15, -0.1) is 0 Å². The Kier molecular flexibility index (Phi) is 3.60. The molecule has 1 aromatic rings. The Morgan fingerprint density at radius 3 is 2.62 bits per heavy atom. The third-order valence-corrected chi connectivity index (χ3v) is 3.32. The number of carbonyl (C=O) groups excluding carboxylic acids is 1. The van der Waals surface area contributed by atoms with Gasteiger partial charge in [-0.05, 0) is 37.0 Å². The average Bonchev–Trinajstić information content (AvgIpc) is 2.33. The van der Waals surface area contributed by atoms with E-state index in [0.717, 1.165) is 31.4 Å². The largest absolute Gasteiger partial charge is 0.497 e. The molecular formula is C14H18O2. The molecule has 1 aliphatic carbocycles. The second-order valence-corrected chi connectivity index (χ2v) is 4.46. The fourth-order valence-electron chi connectivity index (χ4n) is 2.32. The predicted molar refractivity (Wildman–Crippen MR) is 63.7 cm³/mol. The topological polar surface area (TPSA) is 26.3 Å². The molecule has 2 nitrogen and oxygen atoms in total. The van der Waals surface area contributed by atoms with Crippen molar-refractivity contribution in [2.45, 2.75) is 32.1 Å². The molecule has 0 spiro atoms. The third kappa shape index (κ3) is 2.63. The molecule has 0 N–H and O–H groups in total. The van der Waals surface area contributed by atoms with Crippen molar-refractivity contribution in [2.24, 2.45) is 5.92 Å². The van der Waals surface area contributed by atoms with Gasteiger partial charge in [-0.2, -0.15) is 0 Å². The first-order valence-electron chi connectivity index (χ1n) is 5.95. The zero-order valence-electron chi connectivity index (χ0n) is 9.74. The molecule has 0 amide bonds. The number of methoxy groups -OCH3 is 1. The van der Waals surface area contributed by atoms with Crippen molar-refractivity contribution in [1.82, 2.24) is 0 Å². The zero-order valence-corrected chi connectivity index (χ0v) is 9.74. The highest BCUT2D eigenvalue weighted by atomic mass is 16.5. The molecule has 0 aromatic heterocycles. The Hall–Kier alpha value is -1.31. The Morgan fingerprint density at radius 2 is 2.00 bits per heavy atom. The molecule has 1 atom stereocenters. The standard InChI is InChI=1S/C14H18O2/c1-16-13-8-6-11(7-9-13)10-12-4-2-3-5-14(12)15/h6-9,12H,2-5,10H2,1H3. The van der Waals surface area contributed by atoms with Crippen LogP contribution in [0.25, 0.3) is 0 Å². The molecule has 0 saturated heterocycles. The number of Topliss-reactive ketones (excluding diaryl/α,β-unsaturated/α-hetero) is 1. The molecule has 16 heavy (non-hydrogen) atoms. The number of carbonyl (C=O) groups is 1. The number of hydrogen-bond acceptors (Lipinski definition) is 2. The number of benzene rings is 1. The molecule has 1 saturated carbocycles. The number of ether oxygens (including phenoxy) is 1. The number of ketones is 1. The van der Waals surface area contributed by atoms with Gasteiger partial charge in [0.1, 0.15) is 11.5 Å². The SMILES string of the molecule is COc1ccc(CC2CCCCC2=O)cc1. The van der Waals surface area contributed by atoms with E-state index in [4.69, 9.17) is 4.74 Å². The van der Waals surface area contributed by atoms with Crippen LogP contribution in [0.2, 0.25) is 0 Å². The second kappa shape index (κ2) is 5.15. The van der Waals surface area contributed by atoms with Crippen LogP contribution in [0, 0.1) is 5.92 Å². The summed E-state index contributed by atoms with van der Waals surface area (Å²) in [6.07, 6.45) is 5.01. The van der Waals surface area contributed by atoms with Gasteiger partial charge >= 0.3 is 0 Å². The third-order valence-electron chi connectivity index (χ3n) is 3.32. The maximum Gasteiger partial charge on any atom is 0.136 e. The van der Waals surface area contributed by atoms with Gasteiger partial charge < -0.3 is 4.74 Å². The molecule has 1 unspecified atom stereocenters. The summed E-state index contributed by atoms with van der Waals surface area (Å²) in [6, 6.07) is 8.03. The van der Waals surface area contributed by atoms with Crippen LogP contribution in [0.1, 0.15) is 31.2 Å². The summed E-state index contributed by atoms with van der Waals surface area (Å²) in [5, 5.41) is 0. The quantitative estimate of drug-likeness (QED) is 0.779. The van der Waals surface area contributed by atoms with Crippen molar-refractivity contribution < 1.29 is 9.53 Å². The van der Waals surface area contributed by atoms with E-state index in [1.807, 2.05) is 12.1 Å². The second-order valence-electron chi connectivity index (χ2n) is 4.46. The van der Waals surface area contributed by atoms with Gasteiger partial charge in [-0.25, -0.2) is 0 Å². The maximum atomic E-state index is 11.7. The smallest absolute Gasteiger partial charge is 0.136 e. The molecule has 1 fully saturated rings. The van der Waals surface area contributed by atoms with Gasteiger partial charge in [0.05, 0.1) is 7.11 Å². The fraction of sp³-hybridized carbons (Fsp3) is 0.500. The van der Waals surface area contributed by atoms with Crippen LogP contribution in [0.3, 0.4) is 0 Å². The summed E-state index contributed by atoms with van der Waals surface area (Å²) >= 11 is 0. The first kappa shape index (κ1) is 11.2. The lowest BCUT2D eigenvalue weighted by Crippen LogP contribution is -2.20. The minimum atomic E-state index is 0.252. The van der Waals surface area contributed by atoms with E-state index in [-0.39, 0.29) is 5.92 Å². The van der Waals surface area contributed by atoms with E-state index in [9.17, 15) is 4.79 Å². The van der Waals surface area contributed by atoms with E-state index in [1.165, 1.54) is 12.0 Å². The minimum Gasteiger partial charge on any atom is -0.497 e. The molecule has 1 aromatic carbocycles. The van der Waals surface area contributed by atoms with Crippen molar-refractivity contribution in [3.8, 4) is 5.75 Å². The summed E-state index contributed by atoms with van der Waals surface area (Å²) in [7, 11) is 1.67. The Balaban J connectivity index is 1.99. The number of rotatable bonds is 3. The van der Waals surface area contributed by atoms with E-state index in [1.54, 1.807) is 7.11 Å². The molecule has 0 bridgehead atoms. The zero-order chi connectivity index (χ0) is 11.4. The molecule has 0 radical (unpaired) electrons. The molecular weight excluding hydrogens is 200 g/mol. The van der Waals surface area contributed by atoms with Crippen LogP contribution in [-0.2, 0) is 11.2 Å². The molecule has 0 heterocycles. The van der Waals surface area contributed by atoms with Crippen molar-refractivity contribution in [3.05, 3.63) is 29.8 Å². The predicted octanol–water partition coefficient (Wildman–Crippen LogP) is 3.00. The molecule has 1 aliphatic rings. The van der Waals surface area contributed by atoms with Crippen LogP contribution in [0.5, 0.6) is 5.75 Å². The van der Waals surface area contributed by atoms with Gasteiger partial charge in [-0.1, -0.05) is 18.6 Å². The van der Waals surface area contributed by atoms with Gasteiger partial charge in [0.2, 0.25) is 0 Å². The Labute approximate surface area is 96.6 Å². The molecule has 0 aliphatic heterocycles. The van der Waals surface area contributed by atoms with Crippen LogP contribution in [0.15, 0.2) is 24.3 Å². The highest BCUT2D eigenvalue weighted by Crippen LogP contribution is 2.24. The first-order chi connectivity index (χ1) is 7.79. The average molecular weight is 218 g/mol. The minimum absolute atomic E-state index is 0.252. The lowest BCUT2D eigenvalue weighted by atomic mass is 9.84. The van der Waals surface area contributed by atoms with E-state index < -0.39 is 0 Å². The van der Waals surface area contributed by atoms with Gasteiger partial charge in [-0.3, -0.25) is 4.79 Å². The summed E-state index contributed by atoms with van der Waals surface area (Å²) in [5.74, 6) is 1.57. The molecule has 2 heteroatoms. The highest BCUT2D eigenvalue weighted by Gasteiger charge is 2.21. The number of hydrogen-bond donors (Lipinski definition) is 0. The lowest BCUT2D eigenvalue weighted by Gasteiger charge is -2.20. The van der Waals surface area contributed by atoms with Crippen LogP contribution in [-0.4, -0.2) is 12.9 Å². The summed E-state index contributed by atoms with van der Waals surface area (Å²) in [6.45, 7) is 0. The van der Waals surface area contributed by atoms with Crippen molar-refractivity contribution in [2.75, 3.05) is 7.11 Å². The van der Waals surface area contributed by atoms with Crippen LogP contribution in [0.4, 0.5) is 0 Å². The van der Waals surface area contributed by atoms with E-state index in [0.29, 0.717) is 5.78 Å². The van der Waals surface area contributed by atoms with Crippen LogP contribution < -0.4 is 4.74 Å². The first-order valence-corrected chi connectivity index (χ1v) is 5.95. The fourth-order valence-corrected chi connectivity index (χ4v) is 2.32. The summed E-state index contributed by atoms with van der Waals surface area (Å²) in [5.41, 5.74) is 1.24. The van der Waals surface area contributed by atoms with E-state index >= 15 is 0 Å². The van der Waals surface area contributed by atoms with Crippen LogP contribution >= 0.6 is 0 Å². The van der Waals surface area contributed by atoms with Crippen molar-refractivity contribution in [1.29, 1.82) is 0 Å². The maximum absolute atomic E-state index is 11.7. The van der Waals surface area contributed by atoms with E-state index in [2.05, 4.69) is 12.1 Å². The van der Waals surface area contributed by atoms with Gasteiger partial charge in [0, 0.05) is 12.3 Å². The Bertz CT molecular complexity index is 354. The normalized spacial score (nSPS) is 20.8. The van der Waals surface area contributed by atoms with Crippen molar-refractivity contribution >= 4 is 5.78 Å². The lowest BCUT2D eigenvalue weighted by molar-refractivity contribution is -0.124. The van der Waals surface area contributed by atoms with Gasteiger partial charge in [0.25, 0.3) is 0 Å². The highest BCUT2D eigenvalue weighted by molar-refractivity contribution is 5.81. The summed E-state index contributed by atoms with van der Waals surface area (Å²) < 4.78 is 5.11. The summed E-state index contributed by atoms with van der Waals surface area (Å²) in [4.78, 5) is 11.7. The van der Waals surface area contributed by atoms with Gasteiger partial charge in [0.15, 0.2) is 0 Å². The Morgan fingerprint density at radius 1 is 1.25 bits per heavy atom. The van der Waals surface area contributed by atoms with Crippen molar-refractivity contribution in [3.63, 3.8) is 0 Å². The molecule has 86 valence electrons. The molecule has 2 rings (SSSR count). The monoisotopic (exact) mass is 218 g/mol.